The Morgan fingerprint density at radius 3 is 2.53 bits per heavy atom. The quantitative estimate of drug-likeness (QED) is 0.219. The monoisotopic (exact) mass is 505 g/mol. The average Bonchev–Trinajstić information content (AvgIpc) is 2.88. The number of aliphatic carboxylic acids is 1. The largest absolute Gasteiger partial charge is 0.481 e. The summed E-state index contributed by atoms with van der Waals surface area (Å²) in [6, 6.07) is 15.4. The first-order valence-corrected chi connectivity index (χ1v) is 14.0. The average molecular weight is 506 g/mol. The molecule has 0 bridgehead atoms. The fraction of sp³-hybridized carbons (Fsp3) is 0.419. The van der Waals surface area contributed by atoms with Gasteiger partial charge in [0.25, 0.3) is 5.91 Å². The van der Waals surface area contributed by atoms with Crippen molar-refractivity contribution in [3.63, 3.8) is 0 Å². The molecule has 3 rings (SSSR count). The molecule has 4 nitrogen and oxygen atoms in total. The number of allylic oxidation sites excluding steroid dienone is 2. The zero-order valence-corrected chi connectivity index (χ0v) is 22.6. The summed E-state index contributed by atoms with van der Waals surface area (Å²) in [5.74, 6) is -0.737. The Hall–Kier alpha value is -2.79. The van der Waals surface area contributed by atoms with Gasteiger partial charge in [-0.3, -0.25) is 9.59 Å². The van der Waals surface area contributed by atoms with Gasteiger partial charge in [-0.15, -0.1) is 11.8 Å². The van der Waals surface area contributed by atoms with E-state index in [4.69, 9.17) is 5.11 Å². The van der Waals surface area contributed by atoms with Gasteiger partial charge in [0.05, 0.1) is 6.42 Å². The number of carbonyl (C=O) groups is 2. The minimum Gasteiger partial charge on any atom is -0.481 e. The zero-order valence-electron chi connectivity index (χ0n) is 21.8. The van der Waals surface area contributed by atoms with Gasteiger partial charge in [0.15, 0.2) is 0 Å². The first-order valence-electron chi connectivity index (χ1n) is 13.1. The summed E-state index contributed by atoms with van der Waals surface area (Å²) >= 11 is 1.94. The van der Waals surface area contributed by atoms with E-state index in [1.807, 2.05) is 23.9 Å². The van der Waals surface area contributed by atoms with Crippen molar-refractivity contribution in [2.75, 3.05) is 6.54 Å². The second kappa shape index (κ2) is 14.1. The molecule has 2 aromatic carbocycles. The van der Waals surface area contributed by atoms with E-state index in [0.29, 0.717) is 16.7 Å². The number of unbranched alkanes of at least 4 members (excludes halogenated alkanes) is 3. The fourth-order valence-corrected chi connectivity index (χ4v) is 5.85. The number of hydrogen-bond donors (Lipinski definition) is 2. The molecule has 0 spiro atoms. The van der Waals surface area contributed by atoms with Gasteiger partial charge in [-0.2, -0.15) is 0 Å². The Labute approximate surface area is 220 Å². The fourth-order valence-electron chi connectivity index (χ4n) is 4.55. The van der Waals surface area contributed by atoms with Crippen LogP contribution in [0.4, 0.5) is 0 Å². The van der Waals surface area contributed by atoms with Crippen LogP contribution in [0.15, 0.2) is 71.2 Å². The molecular weight excluding hydrogens is 466 g/mol. The van der Waals surface area contributed by atoms with E-state index < -0.39 is 5.97 Å². The van der Waals surface area contributed by atoms with Crippen LogP contribution >= 0.6 is 11.8 Å². The number of carboxylic acid groups (broad SMARTS) is 1. The van der Waals surface area contributed by atoms with E-state index in [-0.39, 0.29) is 18.9 Å². The molecule has 0 aromatic heterocycles. The second-order valence-corrected chi connectivity index (χ2v) is 10.9. The van der Waals surface area contributed by atoms with Crippen LogP contribution in [0.2, 0.25) is 0 Å². The Bertz CT molecular complexity index is 1090. The van der Waals surface area contributed by atoms with Gasteiger partial charge in [0.2, 0.25) is 0 Å². The van der Waals surface area contributed by atoms with Crippen molar-refractivity contribution >= 4 is 23.6 Å². The number of aryl methyl sites for hydroxylation is 1. The maximum absolute atomic E-state index is 12.4. The third-order valence-electron chi connectivity index (χ3n) is 6.90. The van der Waals surface area contributed by atoms with E-state index in [0.717, 1.165) is 12.8 Å². The molecule has 36 heavy (non-hydrogen) atoms. The lowest BCUT2D eigenvalue weighted by Crippen LogP contribution is -2.28. The highest BCUT2D eigenvalue weighted by Crippen LogP contribution is 2.37. The normalized spacial score (nSPS) is 15.9. The summed E-state index contributed by atoms with van der Waals surface area (Å²) in [6.45, 7) is 6.73. The highest BCUT2D eigenvalue weighted by molar-refractivity contribution is 8.00. The lowest BCUT2D eigenvalue weighted by molar-refractivity contribution is -0.136. The van der Waals surface area contributed by atoms with Crippen molar-refractivity contribution in [1.82, 2.24) is 5.32 Å². The molecule has 2 N–H and O–H groups in total. The van der Waals surface area contributed by atoms with Crippen LogP contribution in [0.1, 0.15) is 63.0 Å². The van der Waals surface area contributed by atoms with Gasteiger partial charge >= 0.3 is 5.97 Å². The summed E-state index contributed by atoms with van der Waals surface area (Å²) in [7, 11) is 0. The van der Waals surface area contributed by atoms with Gasteiger partial charge in [-0.25, -0.2) is 0 Å². The zero-order chi connectivity index (χ0) is 25.9. The Balaban J connectivity index is 1.66. The van der Waals surface area contributed by atoms with Crippen molar-refractivity contribution in [3.05, 3.63) is 77.4 Å². The molecule has 2 aromatic rings. The Morgan fingerprint density at radius 1 is 1.08 bits per heavy atom. The van der Waals surface area contributed by atoms with Gasteiger partial charge in [0.1, 0.15) is 0 Å². The van der Waals surface area contributed by atoms with Gasteiger partial charge in [-0.05, 0) is 67.0 Å². The van der Waals surface area contributed by atoms with Crippen molar-refractivity contribution in [2.45, 2.75) is 75.9 Å². The summed E-state index contributed by atoms with van der Waals surface area (Å²) in [5, 5.41) is 11.9. The molecule has 0 saturated heterocycles. The van der Waals surface area contributed by atoms with Crippen molar-refractivity contribution < 1.29 is 14.7 Å². The minimum absolute atomic E-state index is 0.0654. The van der Waals surface area contributed by atoms with Crippen LogP contribution in [-0.4, -0.2) is 28.8 Å². The van der Waals surface area contributed by atoms with Crippen LogP contribution in [-0.2, 0) is 9.59 Å². The summed E-state index contributed by atoms with van der Waals surface area (Å²) < 4.78 is 0. The van der Waals surface area contributed by atoms with E-state index in [9.17, 15) is 9.59 Å². The first kappa shape index (κ1) is 27.8. The standard InChI is InChI=1S/C31H39NO3S/c1-4-5-6-7-11-29(25-12-14-26(15-13-25)31(35)32-21-20-30(33)34)36-27-18-16-24(17-19-27)28-10-8-9-22(2)23(28)3/h8-10,12,14-19,25,29H,4-7,11,13,20-21H2,1-3H3,(H,32,35)(H,33,34). The van der Waals surface area contributed by atoms with Crippen LogP contribution in [0.3, 0.4) is 0 Å². The minimum atomic E-state index is -0.909. The molecule has 0 aliphatic heterocycles. The third kappa shape index (κ3) is 8.12. The SMILES string of the molecule is CCCCCCC(Sc1ccc(-c2cccc(C)c2C)cc1)C1C=CC(C(=O)NCCC(=O)O)=CC1. The molecule has 5 heteroatoms. The Kier molecular flexibility index (Phi) is 10.9. The molecule has 0 radical (unpaired) electrons. The maximum atomic E-state index is 12.4. The van der Waals surface area contributed by atoms with Crippen LogP contribution in [0, 0.1) is 19.8 Å². The molecule has 0 heterocycles. The molecule has 0 saturated carbocycles. The number of thioether (sulfide) groups is 1. The number of nitrogens with one attached hydrogen (secondary N) is 1. The third-order valence-corrected chi connectivity index (χ3v) is 8.33. The molecule has 192 valence electrons. The molecule has 2 atom stereocenters. The Morgan fingerprint density at radius 2 is 1.86 bits per heavy atom. The number of rotatable bonds is 13. The van der Waals surface area contributed by atoms with E-state index >= 15 is 0 Å². The van der Waals surface area contributed by atoms with Crippen molar-refractivity contribution in [1.29, 1.82) is 0 Å². The number of benzene rings is 2. The molecule has 2 unspecified atom stereocenters. The van der Waals surface area contributed by atoms with Crippen LogP contribution < -0.4 is 5.32 Å². The van der Waals surface area contributed by atoms with Gasteiger partial charge in [-0.1, -0.05) is 81.2 Å². The molecule has 0 fully saturated rings. The van der Waals surface area contributed by atoms with E-state index in [1.165, 1.54) is 52.8 Å². The van der Waals surface area contributed by atoms with Crippen molar-refractivity contribution in [2.24, 2.45) is 5.92 Å². The highest BCUT2D eigenvalue weighted by atomic mass is 32.2. The number of hydrogen-bond acceptors (Lipinski definition) is 3. The topological polar surface area (TPSA) is 66.4 Å². The van der Waals surface area contributed by atoms with Gasteiger partial charge in [0, 0.05) is 22.3 Å². The summed E-state index contributed by atoms with van der Waals surface area (Å²) in [4.78, 5) is 24.3. The molecule has 1 aliphatic rings. The van der Waals surface area contributed by atoms with Crippen LogP contribution in [0.5, 0.6) is 0 Å². The first-order chi connectivity index (χ1) is 17.4. The molecule has 1 amide bonds. The maximum Gasteiger partial charge on any atom is 0.305 e. The van der Waals surface area contributed by atoms with Crippen LogP contribution in [0.25, 0.3) is 11.1 Å². The summed E-state index contributed by atoms with van der Waals surface area (Å²) in [5.41, 5.74) is 5.80. The van der Waals surface area contributed by atoms with E-state index in [2.05, 4.69) is 74.6 Å². The summed E-state index contributed by atoms with van der Waals surface area (Å²) in [6.07, 6.45) is 12.9. The number of amides is 1. The number of carboxylic acids is 1. The van der Waals surface area contributed by atoms with Crippen molar-refractivity contribution in [3.8, 4) is 11.1 Å². The van der Waals surface area contributed by atoms with E-state index in [1.54, 1.807) is 0 Å². The lowest BCUT2D eigenvalue weighted by Gasteiger charge is -2.26. The smallest absolute Gasteiger partial charge is 0.305 e. The predicted molar refractivity (Wildman–Crippen MR) is 150 cm³/mol. The predicted octanol–water partition coefficient (Wildman–Crippen LogP) is 7.49. The molecular formula is C31H39NO3S. The lowest BCUT2D eigenvalue weighted by atomic mass is 9.91. The number of carbonyl (C=O) groups excluding carboxylic acids is 1. The molecule has 1 aliphatic carbocycles. The van der Waals surface area contributed by atoms with Gasteiger partial charge < -0.3 is 10.4 Å². The highest BCUT2D eigenvalue weighted by Gasteiger charge is 2.23. The second-order valence-electron chi connectivity index (χ2n) is 9.60.